The summed E-state index contributed by atoms with van der Waals surface area (Å²) in [7, 11) is 2.26. The molecule has 1 aliphatic carbocycles. The minimum absolute atomic E-state index is 0.591. The van der Waals surface area contributed by atoms with Crippen LogP contribution in [0, 0.1) is 5.92 Å². The highest BCUT2D eigenvalue weighted by molar-refractivity contribution is 4.81. The van der Waals surface area contributed by atoms with Crippen LogP contribution in [-0.2, 0) is 0 Å². The summed E-state index contributed by atoms with van der Waals surface area (Å²) in [5.41, 5.74) is 5.80. The van der Waals surface area contributed by atoms with E-state index in [0.29, 0.717) is 6.04 Å². The molecule has 0 bridgehead atoms. The highest BCUT2D eigenvalue weighted by Crippen LogP contribution is 2.29. The maximum Gasteiger partial charge on any atom is 0.0215 e. The van der Waals surface area contributed by atoms with Crippen LogP contribution in [0.4, 0.5) is 0 Å². The Balaban J connectivity index is 2.38. The molecule has 0 spiro atoms. The van der Waals surface area contributed by atoms with Gasteiger partial charge in [0.1, 0.15) is 0 Å². The van der Waals surface area contributed by atoms with Crippen LogP contribution in [0.15, 0.2) is 0 Å². The summed E-state index contributed by atoms with van der Waals surface area (Å²) in [6.45, 7) is 5.37. The van der Waals surface area contributed by atoms with Crippen molar-refractivity contribution in [2.75, 3.05) is 13.6 Å². The van der Waals surface area contributed by atoms with E-state index in [9.17, 15) is 0 Å². The van der Waals surface area contributed by atoms with Gasteiger partial charge in [0.2, 0.25) is 0 Å². The van der Waals surface area contributed by atoms with E-state index < -0.39 is 0 Å². The third kappa shape index (κ3) is 3.46. The summed E-state index contributed by atoms with van der Waals surface area (Å²) in [5, 5.41) is 0. The molecule has 0 saturated heterocycles. The number of rotatable bonds is 5. The molecule has 1 aliphatic rings. The Morgan fingerprint density at radius 3 is 2.20 bits per heavy atom. The van der Waals surface area contributed by atoms with Gasteiger partial charge in [-0.25, -0.2) is 0 Å². The second-order valence-corrected chi connectivity index (χ2v) is 5.05. The van der Waals surface area contributed by atoms with Gasteiger partial charge in [-0.2, -0.15) is 0 Å². The van der Waals surface area contributed by atoms with Crippen molar-refractivity contribution in [2.24, 2.45) is 11.7 Å². The molecule has 0 aromatic heterocycles. The van der Waals surface area contributed by atoms with Gasteiger partial charge in [-0.3, -0.25) is 4.90 Å². The van der Waals surface area contributed by atoms with Crippen LogP contribution >= 0.6 is 0 Å². The number of hydrogen-bond acceptors (Lipinski definition) is 2. The summed E-state index contributed by atoms with van der Waals surface area (Å²) in [4.78, 5) is 2.53. The Morgan fingerprint density at radius 1 is 1.20 bits per heavy atom. The Hall–Kier alpha value is -0.0800. The Kier molecular flexibility index (Phi) is 5.62. The maximum absolute atomic E-state index is 5.80. The van der Waals surface area contributed by atoms with Crippen LogP contribution < -0.4 is 5.73 Å². The first kappa shape index (κ1) is 13.0. The monoisotopic (exact) mass is 212 g/mol. The summed E-state index contributed by atoms with van der Waals surface area (Å²) >= 11 is 0. The molecular formula is C13H28N2. The van der Waals surface area contributed by atoms with E-state index >= 15 is 0 Å². The van der Waals surface area contributed by atoms with Gasteiger partial charge in [0.25, 0.3) is 0 Å². The third-order valence-electron chi connectivity index (χ3n) is 4.29. The van der Waals surface area contributed by atoms with Gasteiger partial charge in [-0.15, -0.1) is 0 Å². The minimum Gasteiger partial charge on any atom is -0.329 e. The SMILES string of the molecule is CCC1CCC(N(C)C(CC)CN)CC1. The molecule has 2 N–H and O–H groups in total. The van der Waals surface area contributed by atoms with Crippen molar-refractivity contribution < 1.29 is 0 Å². The molecule has 1 atom stereocenters. The van der Waals surface area contributed by atoms with Gasteiger partial charge >= 0.3 is 0 Å². The predicted octanol–water partition coefficient (Wildman–Crippen LogP) is 2.62. The van der Waals surface area contributed by atoms with E-state index in [0.717, 1.165) is 18.5 Å². The molecule has 0 aromatic carbocycles. The largest absolute Gasteiger partial charge is 0.329 e. The van der Waals surface area contributed by atoms with Crippen molar-refractivity contribution in [3.8, 4) is 0 Å². The first-order valence-electron chi connectivity index (χ1n) is 6.64. The van der Waals surface area contributed by atoms with Crippen molar-refractivity contribution in [3.05, 3.63) is 0 Å². The number of hydrogen-bond donors (Lipinski definition) is 1. The number of nitrogens with zero attached hydrogens (tertiary/aromatic N) is 1. The number of likely N-dealkylation sites (N-methyl/N-ethyl adjacent to an activating group) is 1. The topological polar surface area (TPSA) is 29.3 Å². The Labute approximate surface area is 95.2 Å². The zero-order valence-electron chi connectivity index (χ0n) is 10.7. The molecule has 2 heteroatoms. The van der Waals surface area contributed by atoms with Crippen LogP contribution in [-0.4, -0.2) is 30.6 Å². The Morgan fingerprint density at radius 2 is 1.80 bits per heavy atom. The molecule has 1 saturated carbocycles. The van der Waals surface area contributed by atoms with E-state index in [1.807, 2.05) is 0 Å². The van der Waals surface area contributed by atoms with E-state index in [2.05, 4.69) is 25.8 Å². The maximum atomic E-state index is 5.80. The van der Waals surface area contributed by atoms with Gasteiger partial charge in [0.15, 0.2) is 0 Å². The van der Waals surface area contributed by atoms with E-state index in [1.54, 1.807) is 0 Å². The second kappa shape index (κ2) is 6.49. The summed E-state index contributed by atoms with van der Waals surface area (Å²) < 4.78 is 0. The van der Waals surface area contributed by atoms with Crippen LogP contribution in [0.3, 0.4) is 0 Å². The highest BCUT2D eigenvalue weighted by Gasteiger charge is 2.25. The molecule has 1 rings (SSSR count). The average molecular weight is 212 g/mol. The van der Waals surface area contributed by atoms with Crippen LogP contribution in [0.5, 0.6) is 0 Å². The van der Waals surface area contributed by atoms with Gasteiger partial charge < -0.3 is 5.73 Å². The molecule has 1 fully saturated rings. The van der Waals surface area contributed by atoms with Gasteiger partial charge in [0.05, 0.1) is 0 Å². The first-order chi connectivity index (χ1) is 7.22. The van der Waals surface area contributed by atoms with Crippen LogP contribution in [0.1, 0.15) is 52.4 Å². The molecule has 90 valence electrons. The molecule has 0 heterocycles. The van der Waals surface area contributed by atoms with Crippen molar-refractivity contribution >= 4 is 0 Å². The van der Waals surface area contributed by atoms with E-state index in [-0.39, 0.29) is 0 Å². The summed E-state index contributed by atoms with van der Waals surface area (Å²) in [5.74, 6) is 0.993. The zero-order valence-corrected chi connectivity index (χ0v) is 10.7. The van der Waals surface area contributed by atoms with Crippen molar-refractivity contribution in [3.63, 3.8) is 0 Å². The fourth-order valence-corrected chi connectivity index (χ4v) is 2.88. The lowest BCUT2D eigenvalue weighted by molar-refractivity contribution is 0.119. The van der Waals surface area contributed by atoms with Gasteiger partial charge in [-0.05, 0) is 45.1 Å². The molecule has 0 aromatic rings. The quantitative estimate of drug-likeness (QED) is 0.759. The standard InChI is InChI=1S/C13H28N2/c1-4-11-6-8-13(9-7-11)15(3)12(5-2)10-14/h11-13H,4-10,14H2,1-3H3. The molecule has 0 aliphatic heterocycles. The van der Waals surface area contributed by atoms with Gasteiger partial charge in [0, 0.05) is 18.6 Å². The predicted molar refractivity (Wildman–Crippen MR) is 66.9 cm³/mol. The fraction of sp³-hybridized carbons (Fsp3) is 1.00. The molecule has 2 nitrogen and oxygen atoms in total. The minimum atomic E-state index is 0.591. The van der Waals surface area contributed by atoms with Crippen LogP contribution in [0.25, 0.3) is 0 Å². The molecule has 15 heavy (non-hydrogen) atoms. The summed E-state index contributed by atoms with van der Waals surface area (Å²) in [6, 6.07) is 1.38. The van der Waals surface area contributed by atoms with Crippen molar-refractivity contribution in [1.82, 2.24) is 4.90 Å². The normalized spacial score (nSPS) is 29.4. The van der Waals surface area contributed by atoms with Crippen LogP contribution in [0.2, 0.25) is 0 Å². The lowest BCUT2D eigenvalue weighted by Gasteiger charge is -2.38. The smallest absolute Gasteiger partial charge is 0.0215 e. The molecule has 0 amide bonds. The fourth-order valence-electron chi connectivity index (χ4n) is 2.88. The number of nitrogens with two attached hydrogens (primary N) is 1. The Bertz CT molecular complexity index is 158. The third-order valence-corrected chi connectivity index (χ3v) is 4.29. The summed E-state index contributed by atoms with van der Waals surface area (Å²) in [6.07, 6.45) is 8.15. The average Bonchev–Trinajstić information content (AvgIpc) is 2.30. The second-order valence-electron chi connectivity index (χ2n) is 5.05. The van der Waals surface area contributed by atoms with Crippen molar-refractivity contribution in [1.29, 1.82) is 0 Å². The molecule has 1 unspecified atom stereocenters. The lowest BCUT2D eigenvalue weighted by atomic mass is 9.83. The molecular weight excluding hydrogens is 184 g/mol. The lowest BCUT2D eigenvalue weighted by Crippen LogP contribution is -2.45. The van der Waals surface area contributed by atoms with E-state index in [1.165, 1.54) is 38.5 Å². The van der Waals surface area contributed by atoms with Crippen molar-refractivity contribution in [2.45, 2.75) is 64.5 Å². The first-order valence-corrected chi connectivity index (χ1v) is 6.64. The molecule has 0 radical (unpaired) electrons. The van der Waals surface area contributed by atoms with E-state index in [4.69, 9.17) is 5.73 Å². The zero-order chi connectivity index (χ0) is 11.3. The highest BCUT2D eigenvalue weighted by atomic mass is 15.2. The van der Waals surface area contributed by atoms with Gasteiger partial charge in [-0.1, -0.05) is 20.3 Å².